The molecule has 0 atom stereocenters. The first-order valence-corrected chi connectivity index (χ1v) is 7.89. The maximum absolute atomic E-state index is 12.3. The first-order valence-electron chi connectivity index (χ1n) is 7.89. The van der Waals surface area contributed by atoms with Gasteiger partial charge >= 0.3 is 5.97 Å². The van der Waals surface area contributed by atoms with Crippen LogP contribution in [-0.2, 0) is 14.3 Å². The van der Waals surface area contributed by atoms with Gasteiger partial charge < -0.3 is 20.5 Å². The Labute approximate surface area is 125 Å². The van der Waals surface area contributed by atoms with Crippen molar-refractivity contribution in [2.24, 2.45) is 5.73 Å². The lowest BCUT2D eigenvalue weighted by molar-refractivity contribution is -0.139. The van der Waals surface area contributed by atoms with Crippen molar-refractivity contribution >= 4 is 11.9 Å². The minimum Gasteiger partial charge on any atom is -0.481 e. The van der Waals surface area contributed by atoms with E-state index in [9.17, 15) is 9.59 Å². The van der Waals surface area contributed by atoms with Crippen molar-refractivity contribution in [1.82, 2.24) is 4.90 Å². The molecule has 1 saturated carbocycles. The number of carbonyl (C=O) groups is 2. The molecule has 0 aromatic carbocycles. The summed E-state index contributed by atoms with van der Waals surface area (Å²) >= 11 is 0. The Morgan fingerprint density at radius 1 is 1.24 bits per heavy atom. The highest BCUT2D eigenvalue weighted by molar-refractivity contribution is 5.77. The highest BCUT2D eigenvalue weighted by atomic mass is 16.5. The molecule has 1 heterocycles. The van der Waals surface area contributed by atoms with E-state index in [2.05, 4.69) is 0 Å². The largest absolute Gasteiger partial charge is 0.481 e. The standard InChI is InChI=1S/C15H26N2O4/c16-15(6-1-2-7-15)11-13(18)17-8-3-12(4-9-17)21-10-5-14(19)20/h12H,1-11,16H2,(H,19,20). The molecule has 0 unspecified atom stereocenters. The summed E-state index contributed by atoms with van der Waals surface area (Å²) in [4.78, 5) is 24.6. The van der Waals surface area contributed by atoms with E-state index in [0.717, 1.165) is 38.5 Å². The van der Waals surface area contributed by atoms with Gasteiger partial charge in [0.1, 0.15) is 0 Å². The zero-order valence-electron chi connectivity index (χ0n) is 12.6. The summed E-state index contributed by atoms with van der Waals surface area (Å²) in [6.07, 6.45) is 6.29. The first kappa shape index (κ1) is 16.2. The summed E-state index contributed by atoms with van der Waals surface area (Å²) < 4.78 is 5.53. The van der Waals surface area contributed by atoms with Crippen LogP contribution in [0.2, 0.25) is 0 Å². The second-order valence-corrected chi connectivity index (χ2v) is 6.34. The molecule has 1 aliphatic heterocycles. The van der Waals surface area contributed by atoms with Crippen molar-refractivity contribution in [3.8, 4) is 0 Å². The van der Waals surface area contributed by atoms with E-state index >= 15 is 0 Å². The SMILES string of the molecule is NC1(CC(=O)N2CCC(OCCC(=O)O)CC2)CCCC1. The van der Waals surface area contributed by atoms with Gasteiger partial charge in [0.05, 0.1) is 19.1 Å². The van der Waals surface area contributed by atoms with Gasteiger partial charge in [0, 0.05) is 25.0 Å². The molecule has 21 heavy (non-hydrogen) atoms. The number of carboxylic acid groups (broad SMARTS) is 1. The topological polar surface area (TPSA) is 92.9 Å². The lowest BCUT2D eigenvalue weighted by atomic mass is 9.93. The molecule has 2 aliphatic rings. The molecule has 0 spiro atoms. The second kappa shape index (κ2) is 7.22. The second-order valence-electron chi connectivity index (χ2n) is 6.34. The first-order chi connectivity index (χ1) is 9.98. The molecule has 1 saturated heterocycles. The third-order valence-corrected chi connectivity index (χ3v) is 4.57. The Morgan fingerprint density at radius 3 is 2.43 bits per heavy atom. The van der Waals surface area contributed by atoms with Crippen LogP contribution in [0.1, 0.15) is 51.4 Å². The van der Waals surface area contributed by atoms with Gasteiger partial charge in [0.2, 0.25) is 5.91 Å². The minimum absolute atomic E-state index is 0.0365. The van der Waals surface area contributed by atoms with E-state index in [0.29, 0.717) is 19.5 Å². The average Bonchev–Trinajstić information content (AvgIpc) is 2.85. The van der Waals surface area contributed by atoms with Gasteiger partial charge in [0.15, 0.2) is 0 Å². The molecule has 120 valence electrons. The predicted molar refractivity (Wildman–Crippen MR) is 77.8 cm³/mol. The van der Waals surface area contributed by atoms with Crippen molar-refractivity contribution in [2.75, 3.05) is 19.7 Å². The quantitative estimate of drug-likeness (QED) is 0.767. The zero-order chi connectivity index (χ0) is 15.3. The molecule has 2 fully saturated rings. The summed E-state index contributed by atoms with van der Waals surface area (Å²) in [5.41, 5.74) is 5.97. The lowest BCUT2D eigenvalue weighted by Gasteiger charge is -2.34. The van der Waals surface area contributed by atoms with E-state index in [1.54, 1.807) is 0 Å². The van der Waals surface area contributed by atoms with Crippen molar-refractivity contribution in [3.63, 3.8) is 0 Å². The molecule has 0 aromatic rings. The van der Waals surface area contributed by atoms with Gasteiger partial charge in [-0.25, -0.2) is 0 Å². The molecule has 0 aromatic heterocycles. The summed E-state index contributed by atoms with van der Waals surface area (Å²) in [5, 5.41) is 8.57. The smallest absolute Gasteiger partial charge is 0.305 e. The number of rotatable bonds is 6. The van der Waals surface area contributed by atoms with Crippen molar-refractivity contribution in [1.29, 1.82) is 0 Å². The number of aliphatic carboxylic acids is 1. The third-order valence-electron chi connectivity index (χ3n) is 4.57. The number of carboxylic acids is 1. The number of nitrogens with two attached hydrogens (primary N) is 1. The maximum atomic E-state index is 12.3. The van der Waals surface area contributed by atoms with Gasteiger partial charge in [-0.2, -0.15) is 0 Å². The van der Waals surface area contributed by atoms with Crippen LogP contribution in [0, 0.1) is 0 Å². The molecule has 6 nitrogen and oxygen atoms in total. The number of amides is 1. The number of nitrogens with zero attached hydrogens (tertiary/aromatic N) is 1. The van der Waals surface area contributed by atoms with Crippen LogP contribution in [-0.4, -0.2) is 53.2 Å². The highest BCUT2D eigenvalue weighted by Crippen LogP contribution is 2.31. The fourth-order valence-electron chi connectivity index (χ4n) is 3.25. The number of hydrogen-bond donors (Lipinski definition) is 2. The fourth-order valence-corrected chi connectivity index (χ4v) is 3.25. The Hall–Kier alpha value is -1.14. The van der Waals surface area contributed by atoms with E-state index in [1.165, 1.54) is 0 Å². The van der Waals surface area contributed by atoms with Gasteiger partial charge in [-0.3, -0.25) is 9.59 Å². The van der Waals surface area contributed by atoms with Crippen LogP contribution in [0.5, 0.6) is 0 Å². The molecule has 3 N–H and O–H groups in total. The minimum atomic E-state index is -0.840. The number of piperidine rings is 1. The lowest BCUT2D eigenvalue weighted by Crippen LogP contribution is -2.46. The van der Waals surface area contributed by atoms with E-state index in [4.69, 9.17) is 15.6 Å². The normalized spacial score (nSPS) is 22.4. The monoisotopic (exact) mass is 298 g/mol. The Balaban J connectivity index is 1.68. The van der Waals surface area contributed by atoms with Crippen LogP contribution in [0.4, 0.5) is 0 Å². The summed E-state index contributed by atoms with van der Waals surface area (Å²) in [6, 6.07) is 0. The number of ether oxygens (including phenoxy) is 1. The zero-order valence-corrected chi connectivity index (χ0v) is 12.6. The van der Waals surface area contributed by atoms with E-state index in [1.807, 2.05) is 4.90 Å². The number of likely N-dealkylation sites (tertiary alicyclic amines) is 1. The van der Waals surface area contributed by atoms with Crippen LogP contribution >= 0.6 is 0 Å². The predicted octanol–water partition coefficient (Wildman–Crippen LogP) is 1.13. The summed E-state index contributed by atoms with van der Waals surface area (Å²) in [5.74, 6) is -0.684. The van der Waals surface area contributed by atoms with Crippen LogP contribution in [0.15, 0.2) is 0 Å². The van der Waals surface area contributed by atoms with Gasteiger partial charge in [-0.1, -0.05) is 12.8 Å². The Kier molecular flexibility index (Phi) is 5.58. The van der Waals surface area contributed by atoms with E-state index in [-0.39, 0.29) is 30.6 Å². The highest BCUT2D eigenvalue weighted by Gasteiger charge is 2.34. The Bertz CT molecular complexity index is 372. The maximum Gasteiger partial charge on any atom is 0.305 e. The molecule has 2 rings (SSSR count). The third kappa shape index (κ3) is 4.97. The van der Waals surface area contributed by atoms with Gasteiger partial charge in [-0.15, -0.1) is 0 Å². The van der Waals surface area contributed by atoms with E-state index < -0.39 is 5.97 Å². The molecule has 1 aliphatic carbocycles. The fraction of sp³-hybridized carbons (Fsp3) is 0.867. The summed E-state index contributed by atoms with van der Waals surface area (Å²) in [6.45, 7) is 1.62. The molecule has 0 bridgehead atoms. The molecule has 1 amide bonds. The average molecular weight is 298 g/mol. The number of carbonyl (C=O) groups excluding carboxylic acids is 1. The number of hydrogen-bond acceptors (Lipinski definition) is 4. The Morgan fingerprint density at radius 2 is 1.86 bits per heavy atom. The van der Waals surface area contributed by atoms with Crippen molar-refractivity contribution < 1.29 is 19.4 Å². The van der Waals surface area contributed by atoms with Crippen LogP contribution in [0.3, 0.4) is 0 Å². The molecular weight excluding hydrogens is 272 g/mol. The van der Waals surface area contributed by atoms with Crippen LogP contribution in [0.25, 0.3) is 0 Å². The van der Waals surface area contributed by atoms with Crippen molar-refractivity contribution in [2.45, 2.75) is 63.0 Å². The van der Waals surface area contributed by atoms with Gasteiger partial charge in [0.25, 0.3) is 0 Å². The van der Waals surface area contributed by atoms with Gasteiger partial charge in [-0.05, 0) is 25.7 Å². The molecular formula is C15H26N2O4. The van der Waals surface area contributed by atoms with Crippen molar-refractivity contribution in [3.05, 3.63) is 0 Å². The van der Waals surface area contributed by atoms with Crippen LogP contribution < -0.4 is 5.73 Å². The molecule has 6 heteroatoms. The molecule has 0 radical (unpaired) electrons. The summed E-state index contributed by atoms with van der Waals surface area (Å²) in [7, 11) is 0.